The summed E-state index contributed by atoms with van der Waals surface area (Å²) < 4.78 is 0. The van der Waals surface area contributed by atoms with Gasteiger partial charge in [0.2, 0.25) is 0 Å². The first kappa shape index (κ1) is 16.9. The number of anilines is 2. The Labute approximate surface area is 159 Å². The molecule has 1 aromatic heterocycles. The predicted molar refractivity (Wildman–Crippen MR) is 108 cm³/mol. The Bertz CT molecular complexity index is 904. The van der Waals surface area contributed by atoms with Gasteiger partial charge in [0.25, 0.3) is 0 Å². The van der Waals surface area contributed by atoms with E-state index in [9.17, 15) is 0 Å². The van der Waals surface area contributed by atoms with Crippen LogP contribution >= 0.6 is 11.6 Å². The molecule has 2 aromatic carbocycles. The van der Waals surface area contributed by atoms with Crippen molar-refractivity contribution in [3.63, 3.8) is 0 Å². The van der Waals surface area contributed by atoms with Crippen molar-refractivity contribution in [3.8, 4) is 11.3 Å². The van der Waals surface area contributed by atoms with Crippen LogP contribution in [-0.2, 0) is 0 Å². The number of nitrogens with zero attached hydrogens (tertiary/aromatic N) is 4. The predicted octanol–water partition coefficient (Wildman–Crippen LogP) is 4.43. The molecule has 1 aliphatic heterocycles. The van der Waals surface area contributed by atoms with Gasteiger partial charge < -0.3 is 9.80 Å². The van der Waals surface area contributed by atoms with Gasteiger partial charge in [0.1, 0.15) is 5.82 Å². The fourth-order valence-electron chi connectivity index (χ4n) is 3.36. The minimum Gasteiger partial charge on any atom is -0.368 e. The highest BCUT2D eigenvalue weighted by Gasteiger charge is 2.19. The zero-order chi connectivity index (χ0) is 17.9. The molecule has 0 saturated carbocycles. The zero-order valence-corrected chi connectivity index (χ0v) is 15.5. The van der Waals surface area contributed by atoms with Gasteiger partial charge in [-0.05, 0) is 30.7 Å². The van der Waals surface area contributed by atoms with E-state index in [0.717, 1.165) is 48.3 Å². The molecule has 0 amide bonds. The smallest absolute Gasteiger partial charge is 0.147 e. The van der Waals surface area contributed by atoms with E-state index in [2.05, 4.69) is 39.9 Å². The summed E-state index contributed by atoms with van der Waals surface area (Å²) in [6, 6.07) is 16.3. The standard InChI is InChI=1S/C21H21ClN4/c1-16-5-2-3-8-19(16)20-14-23-15-21(24-20)26-11-9-25(10-12-26)18-7-4-6-17(22)13-18/h2-8,13-15H,9-12H2,1H3. The molecular weight excluding hydrogens is 344 g/mol. The van der Waals surface area contributed by atoms with Crippen molar-refractivity contribution >= 4 is 23.1 Å². The lowest BCUT2D eigenvalue weighted by Gasteiger charge is -2.36. The summed E-state index contributed by atoms with van der Waals surface area (Å²) in [6.45, 7) is 5.82. The Morgan fingerprint density at radius 2 is 1.65 bits per heavy atom. The van der Waals surface area contributed by atoms with Crippen LogP contribution in [0.15, 0.2) is 60.9 Å². The van der Waals surface area contributed by atoms with Crippen molar-refractivity contribution in [1.29, 1.82) is 0 Å². The molecule has 0 atom stereocenters. The number of aryl methyl sites for hydroxylation is 1. The quantitative estimate of drug-likeness (QED) is 0.688. The van der Waals surface area contributed by atoms with Crippen molar-refractivity contribution in [2.75, 3.05) is 36.0 Å². The summed E-state index contributed by atoms with van der Waals surface area (Å²) in [4.78, 5) is 14.0. The number of piperazine rings is 1. The molecule has 26 heavy (non-hydrogen) atoms. The number of rotatable bonds is 3. The third kappa shape index (κ3) is 3.51. The van der Waals surface area contributed by atoms with E-state index in [0.29, 0.717) is 0 Å². The fraction of sp³-hybridized carbons (Fsp3) is 0.238. The molecule has 4 rings (SSSR count). The van der Waals surface area contributed by atoms with Crippen molar-refractivity contribution in [1.82, 2.24) is 9.97 Å². The minimum absolute atomic E-state index is 0.779. The molecule has 0 aliphatic carbocycles. The largest absolute Gasteiger partial charge is 0.368 e. The maximum Gasteiger partial charge on any atom is 0.147 e. The van der Waals surface area contributed by atoms with E-state index in [1.165, 1.54) is 11.3 Å². The number of benzene rings is 2. The third-order valence-electron chi connectivity index (χ3n) is 4.82. The van der Waals surface area contributed by atoms with Crippen molar-refractivity contribution in [2.24, 2.45) is 0 Å². The zero-order valence-electron chi connectivity index (χ0n) is 14.8. The first-order valence-electron chi connectivity index (χ1n) is 8.84. The summed E-state index contributed by atoms with van der Waals surface area (Å²) >= 11 is 6.12. The highest BCUT2D eigenvalue weighted by molar-refractivity contribution is 6.30. The lowest BCUT2D eigenvalue weighted by molar-refractivity contribution is 0.646. The van der Waals surface area contributed by atoms with Crippen molar-refractivity contribution in [3.05, 3.63) is 71.5 Å². The van der Waals surface area contributed by atoms with Crippen LogP contribution in [0.3, 0.4) is 0 Å². The summed E-state index contributed by atoms with van der Waals surface area (Å²) in [7, 11) is 0. The van der Waals surface area contributed by atoms with Gasteiger partial charge in [0.05, 0.1) is 18.1 Å². The van der Waals surface area contributed by atoms with E-state index in [1.807, 2.05) is 42.7 Å². The van der Waals surface area contributed by atoms with Crippen LogP contribution in [0.5, 0.6) is 0 Å². The van der Waals surface area contributed by atoms with E-state index >= 15 is 0 Å². The molecule has 4 nitrogen and oxygen atoms in total. The fourth-order valence-corrected chi connectivity index (χ4v) is 3.55. The number of hydrogen-bond acceptors (Lipinski definition) is 4. The monoisotopic (exact) mass is 364 g/mol. The number of hydrogen-bond donors (Lipinski definition) is 0. The second-order valence-electron chi connectivity index (χ2n) is 6.53. The van der Waals surface area contributed by atoms with Gasteiger partial charge in [-0.15, -0.1) is 0 Å². The van der Waals surface area contributed by atoms with E-state index < -0.39 is 0 Å². The van der Waals surface area contributed by atoms with E-state index in [-0.39, 0.29) is 0 Å². The van der Waals surface area contributed by atoms with Crippen molar-refractivity contribution < 1.29 is 0 Å². The van der Waals surface area contributed by atoms with Gasteiger partial charge in [-0.25, -0.2) is 4.98 Å². The second-order valence-corrected chi connectivity index (χ2v) is 6.97. The lowest BCUT2D eigenvalue weighted by Crippen LogP contribution is -2.46. The molecule has 1 fully saturated rings. The minimum atomic E-state index is 0.779. The molecule has 1 saturated heterocycles. The molecule has 1 aliphatic rings. The maximum atomic E-state index is 6.12. The molecule has 0 spiro atoms. The van der Waals surface area contributed by atoms with Gasteiger partial charge in [0.15, 0.2) is 0 Å². The van der Waals surface area contributed by atoms with Crippen LogP contribution < -0.4 is 9.80 Å². The Balaban J connectivity index is 1.50. The molecule has 5 heteroatoms. The normalized spacial score (nSPS) is 14.5. The summed E-state index contributed by atoms with van der Waals surface area (Å²) in [5.41, 5.74) is 4.46. The third-order valence-corrected chi connectivity index (χ3v) is 5.05. The van der Waals surface area contributed by atoms with Crippen molar-refractivity contribution in [2.45, 2.75) is 6.92 Å². The molecule has 3 aromatic rings. The summed E-state index contributed by atoms with van der Waals surface area (Å²) in [5.74, 6) is 0.941. The van der Waals surface area contributed by atoms with Gasteiger partial charge in [-0.1, -0.05) is 41.9 Å². The molecule has 0 N–H and O–H groups in total. The van der Waals surface area contributed by atoms with Crippen LogP contribution in [0.4, 0.5) is 11.5 Å². The first-order valence-corrected chi connectivity index (χ1v) is 9.22. The lowest BCUT2D eigenvalue weighted by atomic mass is 10.1. The Morgan fingerprint density at radius 3 is 2.42 bits per heavy atom. The van der Waals surface area contributed by atoms with Gasteiger partial charge >= 0.3 is 0 Å². The van der Waals surface area contributed by atoms with E-state index in [4.69, 9.17) is 16.6 Å². The highest BCUT2D eigenvalue weighted by atomic mass is 35.5. The van der Waals surface area contributed by atoms with Gasteiger partial charge in [0, 0.05) is 42.5 Å². The van der Waals surface area contributed by atoms with Crippen LogP contribution in [-0.4, -0.2) is 36.1 Å². The second kappa shape index (κ2) is 7.34. The number of halogens is 1. The van der Waals surface area contributed by atoms with Crippen LogP contribution in [0, 0.1) is 6.92 Å². The first-order chi connectivity index (χ1) is 12.7. The van der Waals surface area contributed by atoms with E-state index in [1.54, 1.807) is 0 Å². The summed E-state index contributed by atoms with van der Waals surface area (Å²) in [6.07, 6.45) is 3.70. The molecular formula is C21H21ClN4. The van der Waals surface area contributed by atoms with Gasteiger partial charge in [-0.3, -0.25) is 4.98 Å². The highest BCUT2D eigenvalue weighted by Crippen LogP contribution is 2.25. The van der Waals surface area contributed by atoms with Crippen LogP contribution in [0.2, 0.25) is 5.02 Å². The average molecular weight is 365 g/mol. The molecule has 2 heterocycles. The van der Waals surface area contributed by atoms with Crippen LogP contribution in [0.1, 0.15) is 5.56 Å². The average Bonchev–Trinajstić information content (AvgIpc) is 2.69. The Morgan fingerprint density at radius 1 is 0.885 bits per heavy atom. The number of aromatic nitrogens is 2. The summed E-state index contributed by atoms with van der Waals surface area (Å²) in [5, 5.41) is 0.779. The Kier molecular flexibility index (Phi) is 4.76. The topological polar surface area (TPSA) is 32.3 Å². The van der Waals surface area contributed by atoms with Crippen LogP contribution in [0.25, 0.3) is 11.3 Å². The van der Waals surface area contributed by atoms with Gasteiger partial charge in [-0.2, -0.15) is 0 Å². The molecule has 0 bridgehead atoms. The molecule has 132 valence electrons. The SMILES string of the molecule is Cc1ccccc1-c1cncc(N2CCN(c3cccc(Cl)c3)CC2)n1. The Hall–Kier alpha value is -2.59. The molecule has 0 radical (unpaired) electrons. The molecule has 0 unspecified atom stereocenters. The maximum absolute atomic E-state index is 6.12.